The summed E-state index contributed by atoms with van der Waals surface area (Å²) in [6.07, 6.45) is 1.63. The number of halogens is 1. The van der Waals surface area contributed by atoms with Gasteiger partial charge in [0.2, 0.25) is 5.91 Å². The monoisotopic (exact) mass is 417 g/mol. The Bertz CT molecular complexity index is 1220. The second-order valence-electron chi connectivity index (χ2n) is 6.96. The number of fused-ring (bicyclic) bond motifs is 1. The van der Waals surface area contributed by atoms with Crippen molar-refractivity contribution >= 4 is 22.7 Å². The zero-order valence-electron chi connectivity index (χ0n) is 16.6. The van der Waals surface area contributed by atoms with Crippen LogP contribution < -0.4 is 10.6 Å². The summed E-state index contributed by atoms with van der Waals surface area (Å²) in [5.41, 5.74) is 2.32. The van der Waals surface area contributed by atoms with Gasteiger partial charge in [-0.1, -0.05) is 30.3 Å². The van der Waals surface area contributed by atoms with Gasteiger partial charge in [-0.05, 0) is 42.0 Å². The van der Waals surface area contributed by atoms with Crippen LogP contribution in [0.15, 0.2) is 77.4 Å². The fourth-order valence-corrected chi connectivity index (χ4v) is 3.28. The van der Waals surface area contributed by atoms with E-state index in [9.17, 15) is 14.0 Å². The molecule has 2 aromatic carbocycles. The Morgan fingerprint density at radius 1 is 0.935 bits per heavy atom. The van der Waals surface area contributed by atoms with Crippen LogP contribution in [0.2, 0.25) is 0 Å². The number of benzene rings is 2. The molecule has 7 heteroatoms. The highest BCUT2D eigenvalue weighted by atomic mass is 19.1. The third-order valence-electron chi connectivity index (χ3n) is 4.72. The van der Waals surface area contributed by atoms with Crippen molar-refractivity contribution in [3.63, 3.8) is 0 Å². The normalized spacial score (nSPS) is 10.7. The molecule has 0 aliphatic rings. The molecule has 4 aromatic rings. The van der Waals surface area contributed by atoms with Crippen LogP contribution in [-0.4, -0.2) is 29.9 Å². The van der Waals surface area contributed by atoms with Crippen LogP contribution in [0.5, 0.6) is 0 Å². The van der Waals surface area contributed by atoms with E-state index in [2.05, 4.69) is 15.6 Å². The first-order valence-electron chi connectivity index (χ1n) is 9.83. The predicted molar refractivity (Wildman–Crippen MR) is 115 cm³/mol. The average Bonchev–Trinajstić information content (AvgIpc) is 3.31. The van der Waals surface area contributed by atoms with Crippen molar-refractivity contribution in [1.82, 2.24) is 15.6 Å². The number of pyridine rings is 1. The number of carbonyl (C=O) groups excluding carboxylic acids is 2. The molecule has 0 radical (unpaired) electrons. The molecule has 2 aromatic heterocycles. The van der Waals surface area contributed by atoms with Gasteiger partial charge in [-0.2, -0.15) is 0 Å². The minimum atomic E-state index is -0.379. The molecule has 4 rings (SSSR count). The first-order chi connectivity index (χ1) is 15.1. The van der Waals surface area contributed by atoms with Crippen molar-refractivity contribution in [3.05, 3.63) is 89.9 Å². The van der Waals surface area contributed by atoms with E-state index in [1.54, 1.807) is 36.6 Å². The molecule has 6 nitrogen and oxygen atoms in total. The molecule has 2 N–H and O–H groups in total. The molecule has 0 fully saturated rings. The molecule has 0 unspecified atom stereocenters. The standard InChI is InChI=1S/C24H20FN3O3/c25-17-6-3-5-16(13-17)14-23(29)26-10-11-27-24(30)19-15-21(22-9-4-12-31-22)28-20-8-2-1-7-18(19)20/h1-9,12-13,15H,10-11,14H2,(H,26,29)(H,27,30). The van der Waals surface area contributed by atoms with Crippen LogP contribution in [0.25, 0.3) is 22.4 Å². The van der Waals surface area contributed by atoms with Crippen molar-refractivity contribution in [2.75, 3.05) is 13.1 Å². The molecule has 0 aliphatic heterocycles. The van der Waals surface area contributed by atoms with Gasteiger partial charge < -0.3 is 15.1 Å². The van der Waals surface area contributed by atoms with Crippen molar-refractivity contribution in [2.45, 2.75) is 6.42 Å². The molecule has 0 aliphatic carbocycles. The quantitative estimate of drug-likeness (QED) is 0.449. The maximum absolute atomic E-state index is 13.2. The van der Waals surface area contributed by atoms with E-state index in [0.29, 0.717) is 28.1 Å². The van der Waals surface area contributed by atoms with E-state index < -0.39 is 0 Å². The molecule has 0 atom stereocenters. The second kappa shape index (κ2) is 9.21. The summed E-state index contributed by atoms with van der Waals surface area (Å²) in [5, 5.41) is 6.27. The van der Waals surface area contributed by atoms with Crippen molar-refractivity contribution in [1.29, 1.82) is 0 Å². The van der Waals surface area contributed by atoms with Gasteiger partial charge in [0.1, 0.15) is 11.5 Å². The summed E-state index contributed by atoms with van der Waals surface area (Å²) in [6, 6.07) is 18.5. The molecule has 156 valence electrons. The zero-order chi connectivity index (χ0) is 21.6. The number of nitrogens with zero attached hydrogens (tertiary/aromatic N) is 1. The lowest BCUT2D eigenvalue weighted by atomic mass is 10.1. The van der Waals surface area contributed by atoms with Crippen LogP contribution >= 0.6 is 0 Å². The Kier molecular flexibility index (Phi) is 6.03. The number of amides is 2. The van der Waals surface area contributed by atoms with E-state index in [4.69, 9.17) is 4.42 Å². The fraction of sp³-hybridized carbons (Fsp3) is 0.125. The van der Waals surface area contributed by atoms with E-state index in [0.717, 1.165) is 5.39 Å². The second-order valence-corrected chi connectivity index (χ2v) is 6.96. The minimum absolute atomic E-state index is 0.0766. The fourth-order valence-electron chi connectivity index (χ4n) is 3.28. The molecule has 0 saturated carbocycles. The molecule has 0 saturated heterocycles. The number of hydrogen-bond donors (Lipinski definition) is 2. The number of aromatic nitrogens is 1. The minimum Gasteiger partial charge on any atom is -0.463 e. The maximum Gasteiger partial charge on any atom is 0.252 e. The Morgan fingerprint density at radius 3 is 2.58 bits per heavy atom. The van der Waals surface area contributed by atoms with E-state index >= 15 is 0 Å². The SMILES string of the molecule is O=C(Cc1cccc(F)c1)NCCNC(=O)c1cc(-c2ccco2)nc2ccccc12. The summed E-state index contributed by atoms with van der Waals surface area (Å²) in [7, 11) is 0. The van der Waals surface area contributed by atoms with Gasteiger partial charge in [-0.3, -0.25) is 9.59 Å². The molecule has 2 heterocycles. The molecule has 0 spiro atoms. The Hall–Kier alpha value is -4.00. The predicted octanol–water partition coefficient (Wildman–Crippen LogP) is 3.72. The van der Waals surface area contributed by atoms with Gasteiger partial charge in [-0.15, -0.1) is 0 Å². The van der Waals surface area contributed by atoms with Gasteiger partial charge in [0.05, 0.1) is 23.8 Å². The number of nitrogens with one attached hydrogen (secondary N) is 2. The van der Waals surface area contributed by atoms with Gasteiger partial charge in [0, 0.05) is 18.5 Å². The number of para-hydroxylation sites is 1. The number of carbonyl (C=O) groups is 2. The Morgan fingerprint density at radius 2 is 1.77 bits per heavy atom. The van der Waals surface area contributed by atoms with Crippen molar-refractivity contribution in [2.24, 2.45) is 0 Å². The Balaban J connectivity index is 1.39. The largest absolute Gasteiger partial charge is 0.463 e. The number of furan rings is 1. The highest BCUT2D eigenvalue weighted by molar-refractivity contribution is 6.07. The van der Waals surface area contributed by atoms with Gasteiger partial charge >= 0.3 is 0 Å². The third-order valence-corrected chi connectivity index (χ3v) is 4.72. The molecule has 31 heavy (non-hydrogen) atoms. The lowest BCUT2D eigenvalue weighted by molar-refractivity contribution is -0.120. The number of hydrogen-bond acceptors (Lipinski definition) is 4. The number of rotatable bonds is 7. The summed E-state index contributed by atoms with van der Waals surface area (Å²) >= 11 is 0. The summed E-state index contributed by atoms with van der Waals surface area (Å²) < 4.78 is 18.6. The van der Waals surface area contributed by atoms with Crippen molar-refractivity contribution < 1.29 is 18.4 Å². The molecule has 2 amide bonds. The molecular weight excluding hydrogens is 397 g/mol. The topological polar surface area (TPSA) is 84.2 Å². The summed E-state index contributed by atoms with van der Waals surface area (Å²) in [5.74, 6) is -0.319. The lowest BCUT2D eigenvalue weighted by Gasteiger charge is -2.10. The van der Waals surface area contributed by atoms with Gasteiger partial charge in [0.15, 0.2) is 5.76 Å². The Labute approximate surface area is 178 Å². The van der Waals surface area contributed by atoms with Crippen LogP contribution in [0.3, 0.4) is 0 Å². The van der Waals surface area contributed by atoms with Crippen LogP contribution in [0, 0.1) is 5.82 Å². The maximum atomic E-state index is 13.2. The summed E-state index contributed by atoms with van der Waals surface area (Å²) in [6.45, 7) is 0.508. The van der Waals surface area contributed by atoms with Crippen molar-refractivity contribution in [3.8, 4) is 11.5 Å². The van der Waals surface area contributed by atoms with E-state index in [-0.39, 0.29) is 37.1 Å². The first-order valence-corrected chi connectivity index (χ1v) is 9.83. The first kappa shape index (κ1) is 20.3. The molecular formula is C24H20FN3O3. The third kappa shape index (κ3) is 4.95. The summed E-state index contributed by atoms with van der Waals surface area (Å²) in [4.78, 5) is 29.4. The smallest absolute Gasteiger partial charge is 0.252 e. The van der Waals surface area contributed by atoms with E-state index in [1.807, 2.05) is 24.3 Å². The lowest BCUT2D eigenvalue weighted by Crippen LogP contribution is -2.35. The average molecular weight is 417 g/mol. The van der Waals surface area contributed by atoms with Crippen LogP contribution in [0.4, 0.5) is 4.39 Å². The van der Waals surface area contributed by atoms with Gasteiger partial charge in [-0.25, -0.2) is 9.37 Å². The highest BCUT2D eigenvalue weighted by Gasteiger charge is 2.15. The van der Waals surface area contributed by atoms with Crippen LogP contribution in [-0.2, 0) is 11.2 Å². The van der Waals surface area contributed by atoms with E-state index in [1.165, 1.54) is 12.1 Å². The van der Waals surface area contributed by atoms with Crippen LogP contribution in [0.1, 0.15) is 15.9 Å². The van der Waals surface area contributed by atoms with Gasteiger partial charge in [0.25, 0.3) is 5.91 Å². The molecule has 0 bridgehead atoms. The highest BCUT2D eigenvalue weighted by Crippen LogP contribution is 2.25. The zero-order valence-corrected chi connectivity index (χ0v) is 16.6.